The molecule has 1 saturated heterocycles. The number of benzene rings is 2. The molecule has 1 aliphatic heterocycles. The summed E-state index contributed by atoms with van der Waals surface area (Å²) in [5, 5.41) is 3.14. The number of nitrogens with one attached hydrogen (secondary N) is 1. The summed E-state index contributed by atoms with van der Waals surface area (Å²) in [6.45, 7) is 6.97. The predicted molar refractivity (Wildman–Crippen MR) is 109 cm³/mol. The van der Waals surface area contributed by atoms with Crippen molar-refractivity contribution >= 4 is 6.03 Å². The van der Waals surface area contributed by atoms with E-state index in [1.54, 1.807) is 11.0 Å². The second-order valence-electron chi connectivity index (χ2n) is 7.51. The van der Waals surface area contributed by atoms with Gasteiger partial charge < -0.3 is 15.0 Å². The van der Waals surface area contributed by atoms with Crippen molar-refractivity contribution in [3.05, 3.63) is 71.0 Å². The Morgan fingerprint density at radius 1 is 1.18 bits per heavy atom. The highest BCUT2D eigenvalue weighted by Crippen LogP contribution is 2.36. The number of carbonyl (C=O) groups excluding carboxylic acids is 1. The summed E-state index contributed by atoms with van der Waals surface area (Å²) in [5.41, 5.74) is 3.20. The van der Waals surface area contributed by atoms with Crippen molar-refractivity contribution in [2.45, 2.75) is 38.6 Å². The lowest BCUT2D eigenvalue weighted by molar-refractivity contribution is 0.0499. The molecule has 0 spiro atoms. The van der Waals surface area contributed by atoms with Gasteiger partial charge in [-0.25, -0.2) is 9.18 Å². The third kappa shape index (κ3) is 4.71. The highest BCUT2D eigenvalue weighted by Gasteiger charge is 2.36. The highest BCUT2D eigenvalue weighted by molar-refractivity contribution is 5.74. The van der Waals surface area contributed by atoms with Gasteiger partial charge in [0.25, 0.3) is 0 Å². The Morgan fingerprint density at radius 2 is 1.93 bits per heavy atom. The van der Waals surface area contributed by atoms with Gasteiger partial charge in [-0.05, 0) is 55.5 Å². The van der Waals surface area contributed by atoms with Crippen LogP contribution in [0, 0.1) is 12.7 Å². The molecule has 150 valence electrons. The number of urea groups is 1. The molecule has 1 heterocycles. The number of rotatable bonds is 6. The molecule has 1 aliphatic rings. The molecule has 0 radical (unpaired) electrons. The molecule has 5 heteroatoms. The largest absolute Gasteiger partial charge is 0.381 e. The van der Waals surface area contributed by atoms with Crippen molar-refractivity contribution in [1.29, 1.82) is 0 Å². The number of carbonyl (C=O) groups is 1. The number of hydrogen-bond acceptors (Lipinski definition) is 2. The van der Waals surface area contributed by atoms with E-state index in [4.69, 9.17) is 4.74 Å². The number of hydrogen-bond donors (Lipinski definition) is 1. The van der Waals surface area contributed by atoms with E-state index < -0.39 is 0 Å². The molecule has 0 unspecified atom stereocenters. The van der Waals surface area contributed by atoms with E-state index in [1.807, 2.05) is 19.1 Å². The molecule has 4 nitrogen and oxygen atoms in total. The second-order valence-corrected chi connectivity index (χ2v) is 7.51. The van der Waals surface area contributed by atoms with Gasteiger partial charge in [-0.15, -0.1) is 0 Å². The number of ether oxygens (including phenoxy) is 1. The minimum absolute atomic E-state index is 0.114. The number of nitrogens with zero attached hydrogens (tertiary/aromatic N) is 1. The van der Waals surface area contributed by atoms with Gasteiger partial charge in [0, 0.05) is 38.3 Å². The van der Waals surface area contributed by atoms with Crippen molar-refractivity contribution in [3.63, 3.8) is 0 Å². The lowest BCUT2D eigenvalue weighted by atomic mass is 9.72. The average molecular weight is 384 g/mol. The van der Waals surface area contributed by atoms with Gasteiger partial charge in [0.2, 0.25) is 0 Å². The smallest absolute Gasteiger partial charge is 0.317 e. The molecular formula is C23H29FN2O2. The van der Waals surface area contributed by atoms with Gasteiger partial charge in [0.05, 0.1) is 0 Å². The summed E-state index contributed by atoms with van der Waals surface area (Å²) in [4.78, 5) is 14.6. The van der Waals surface area contributed by atoms with Gasteiger partial charge in [0.1, 0.15) is 5.82 Å². The normalized spacial score (nSPS) is 15.8. The van der Waals surface area contributed by atoms with Crippen LogP contribution in [0.5, 0.6) is 0 Å². The van der Waals surface area contributed by atoms with E-state index >= 15 is 0 Å². The summed E-state index contributed by atoms with van der Waals surface area (Å²) >= 11 is 0. The number of aryl methyl sites for hydroxylation is 1. The zero-order chi connectivity index (χ0) is 20.0. The maximum Gasteiger partial charge on any atom is 0.317 e. The minimum Gasteiger partial charge on any atom is -0.381 e. The van der Waals surface area contributed by atoms with Crippen LogP contribution in [0.1, 0.15) is 36.5 Å². The molecule has 2 aromatic rings. The van der Waals surface area contributed by atoms with E-state index in [0.29, 0.717) is 32.8 Å². The molecule has 0 atom stereocenters. The van der Waals surface area contributed by atoms with Gasteiger partial charge in [-0.1, -0.05) is 36.4 Å². The number of halogens is 1. The quantitative estimate of drug-likeness (QED) is 0.801. The highest BCUT2D eigenvalue weighted by atomic mass is 19.1. The Kier molecular flexibility index (Phi) is 6.68. The maximum absolute atomic E-state index is 13.5. The zero-order valence-corrected chi connectivity index (χ0v) is 16.7. The zero-order valence-electron chi connectivity index (χ0n) is 16.7. The summed E-state index contributed by atoms with van der Waals surface area (Å²) in [6.07, 6.45) is 1.77. The van der Waals surface area contributed by atoms with Crippen molar-refractivity contribution in [3.8, 4) is 0 Å². The van der Waals surface area contributed by atoms with Crippen LogP contribution in [0.15, 0.2) is 48.5 Å². The molecule has 3 rings (SSSR count). The monoisotopic (exact) mass is 384 g/mol. The van der Waals surface area contributed by atoms with E-state index in [2.05, 4.69) is 30.4 Å². The van der Waals surface area contributed by atoms with E-state index in [9.17, 15) is 9.18 Å². The van der Waals surface area contributed by atoms with Gasteiger partial charge in [0.15, 0.2) is 0 Å². The van der Waals surface area contributed by atoms with Gasteiger partial charge >= 0.3 is 6.03 Å². The fourth-order valence-electron chi connectivity index (χ4n) is 4.01. The lowest BCUT2D eigenvalue weighted by Gasteiger charge is -2.39. The van der Waals surface area contributed by atoms with Crippen LogP contribution in [0.25, 0.3) is 0 Å². The Morgan fingerprint density at radius 3 is 2.61 bits per heavy atom. The van der Waals surface area contributed by atoms with Crippen LogP contribution < -0.4 is 5.32 Å². The van der Waals surface area contributed by atoms with E-state index in [1.165, 1.54) is 23.3 Å². The SMILES string of the molecule is CCN(Cc1cccc(F)c1)C(=O)NCC1(c2ccccc2C)CCOCC1. The van der Waals surface area contributed by atoms with Crippen molar-refractivity contribution in [2.75, 3.05) is 26.3 Å². The van der Waals surface area contributed by atoms with E-state index in [0.717, 1.165) is 18.4 Å². The molecule has 0 bridgehead atoms. The standard InChI is InChI=1S/C23H29FN2O2/c1-3-26(16-19-8-6-9-20(24)15-19)22(27)25-17-23(11-13-28-14-12-23)21-10-5-4-7-18(21)2/h4-10,15H,3,11-14,16-17H2,1-2H3,(H,25,27). The Labute approximate surface area is 166 Å². The molecular weight excluding hydrogens is 355 g/mol. The predicted octanol–water partition coefficient (Wildman–Crippen LogP) is 4.41. The first kappa shape index (κ1) is 20.3. The van der Waals surface area contributed by atoms with Gasteiger partial charge in [-0.3, -0.25) is 0 Å². The third-order valence-electron chi connectivity index (χ3n) is 5.68. The molecule has 0 aliphatic carbocycles. The summed E-state index contributed by atoms with van der Waals surface area (Å²) in [7, 11) is 0. The first-order valence-corrected chi connectivity index (χ1v) is 9.95. The van der Waals surface area contributed by atoms with Crippen LogP contribution in [-0.4, -0.2) is 37.2 Å². The topological polar surface area (TPSA) is 41.6 Å². The maximum atomic E-state index is 13.5. The molecule has 2 aromatic carbocycles. The lowest BCUT2D eigenvalue weighted by Crippen LogP contribution is -2.48. The Balaban J connectivity index is 1.71. The molecule has 1 N–H and O–H groups in total. The molecule has 28 heavy (non-hydrogen) atoms. The first-order valence-electron chi connectivity index (χ1n) is 9.95. The van der Waals surface area contributed by atoms with E-state index in [-0.39, 0.29) is 17.3 Å². The molecule has 0 saturated carbocycles. The molecule has 0 aromatic heterocycles. The van der Waals surface area contributed by atoms with Crippen LogP contribution in [0.2, 0.25) is 0 Å². The number of amides is 2. The van der Waals surface area contributed by atoms with Crippen LogP contribution in [-0.2, 0) is 16.7 Å². The van der Waals surface area contributed by atoms with Crippen LogP contribution in [0.3, 0.4) is 0 Å². The van der Waals surface area contributed by atoms with Crippen molar-refractivity contribution in [1.82, 2.24) is 10.2 Å². The fraction of sp³-hybridized carbons (Fsp3) is 0.435. The Hall–Kier alpha value is -2.40. The van der Waals surface area contributed by atoms with Crippen molar-refractivity contribution in [2.24, 2.45) is 0 Å². The Bertz CT molecular complexity index is 803. The summed E-state index contributed by atoms with van der Waals surface area (Å²) in [6, 6.07) is 14.7. The van der Waals surface area contributed by atoms with Crippen LogP contribution in [0.4, 0.5) is 9.18 Å². The average Bonchev–Trinajstić information content (AvgIpc) is 2.71. The summed E-state index contributed by atoms with van der Waals surface area (Å²) in [5.74, 6) is -0.283. The van der Waals surface area contributed by atoms with Crippen LogP contribution >= 0.6 is 0 Å². The van der Waals surface area contributed by atoms with Crippen molar-refractivity contribution < 1.29 is 13.9 Å². The minimum atomic E-state index is -0.283. The van der Waals surface area contributed by atoms with Gasteiger partial charge in [-0.2, -0.15) is 0 Å². The molecule has 2 amide bonds. The second kappa shape index (κ2) is 9.20. The fourth-order valence-corrected chi connectivity index (χ4v) is 4.01. The molecule has 1 fully saturated rings. The summed E-state index contributed by atoms with van der Waals surface area (Å²) < 4.78 is 19.1. The first-order chi connectivity index (χ1) is 13.5. The third-order valence-corrected chi connectivity index (χ3v) is 5.68.